The van der Waals surface area contributed by atoms with E-state index in [4.69, 9.17) is 19.0 Å². The van der Waals surface area contributed by atoms with Crippen LogP contribution in [-0.4, -0.2) is 62.8 Å². The molecular weight excluding hydrogens is 324 g/mol. The van der Waals surface area contributed by atoms with Crippen LogP contribution in [0.25, 0.3) is 11.0 Å². The van der Waals surface area contributed by atoms with Crippen LogP contribution in [-0.2, 0) is 4.74 Å². The summed E-state index contributed by atoms with van der Waals surface area (Å²) >= 11 is 0. The molecule has 5 atom stereocenters. The Morgan fingerprint density at radius 3 is 2.54 bits per heavy atom. The van der Waals surface area contributed by atoms with E-state index in [1.165, 1.54) is 18.2 Å². The molecule has 9 heteroatoms. The quantitative estimate of drug-likeness (QED) is 0.429. The number of ether oxygens (including phenoxy) is 2. The normalized spacial score (nSPS) is 30.4. The van der Waals surface area contributed by atoms with Crippen LogP contribution < -0.4 is 10.4 Å². The molecule has 1 aromatic heterocycles. The lowest BCUT2D eigenvalue weighted by atomic mass is 9.99. The summed E-state index contributed by atoms with van der Waals surface area (Å²) < 4.78 is 15.5. The molecule has 130 valence electrons. The SMILES string of the molecule is O=c1ccc2cc(O[C@H]3O[C@@H](CO)[C@@H](O)[C@H](O)[C@@H]3O)c(O)cc2o1. The first-order valence-corrected chi connectivity index (χ1v) is 7.15. The first kappa shape index (κ1) is 16.7. The van der Waals surface area contributed by atoms with Crippen molar-refractivity contribution in [1.29, 1.82) is 0 Å². The Hall–Kier alpha value is -2.17. The van der Waals surface area contributed by atoms with Gasteiger partial charge in [-0.2, -0.15) is 0 Å². The van der Waals surface area contributed by atoms with Gasteiger partial charge < -0.3 is 39.4 Å². The molecule has 0 radical (unpaired) electrons. The van der Waals surface area contributed by atoms with E-state index in [1.54, 1.807) is 0 Å². The van der Waals surface area contributed by atoms with Crippen molar-refractivity contribution in [1.82, 2.24) is 0 Å². The number of hydrogen-bond donors (Lipinski definition) is 5. The number of aliphatic hydroxyl groups excluding tert-OH is 4. The van der Waals surface area contributed by atoms with Crippen molar-refractivity contribution in [2.75, 3.05) is 6.61 Å². The summed E-state index contributed by atoms with van der Waals surface area (Å²) in [6.45, 7) is -0.598. The largest absolute Gasteiger partial charge is 0.504 e. The standard InChI is InChI=1S/C15H16O9/c16-5-10-12(19)13(20)14(21)15(24-10)23-9-3-6-1-2-11(18)22-8(6)4-7(9)17/h1-4,10,12-17,19-21H,5H2/t10-,12+,13-,14-,15-/m0/s1. The highest BCUT2D eigenvalue weighted by molar-refractivity contribution is 5.80. The lowest BCUT2D eigenvalue weighted by Gasteiger charge is -2.39. The molecule has 0 unspecified atom stereocenters. The third-order valence-corrected chi connectivity index (χ3v) is 3.79. The van der Waals surface area contributed by atoms with Crippen LogP contribution in [0, 0.1) is 0 Å². The van der Waals surface area contributed by atoms with Gasteiger partial charge in [-0.05, 0) is 12.1 Å². The lowest BCUT2D eigenvalue weighted by Crippen LogP contribution is -2.60. The minimum Gasteiger partial charge on any atom is -0.504 e. The molecule has 1 saturated heterocycles. The molecule has 2 aromatic rings. The van der Waals surface area contributed by atoms with Gasteiger partial charge in [-0.3, -0.25) is 0 Å². The Labute approximate surface area is 134 Å². The third-order valence-electron chi connectivity index (χ3n) is 3.79. The zero-order valence-electron chi connectivity index (χ0n) is 12.3. The lowest BCUT2D eigenvalue weighted by molar-refractivity contribution is -0.277. The number of rotatable bonds is 3. The summed E-state index contributed by atoms with van der Waals surface area (Å²) in [6.07, 6.45) is -7.27. The maximum absolute atomic E-state index is 11.2. The van der Waals surface area contributed by atoms with Gasteiger partial charge in [0, 0.05) is 17.5 Å². The minimum absolute atomic E-state index is 0.0966. The van der Waals surface area contributed by atoms with Crippen molar-refractivity contribution in [2.45, 2.75) is 30.7 Å². The minimum atomic E-state index is -1.60. The van der Waals surface area contributed by atoms with E-state index >= 15 is 0 Å². The molecule has 1 aliphatic rings. The van der Waals surface area contributed by atoms with E-state index in [-0.39, 0.29) is 17.1 Å². The predicted octanol–water partition coefficient (Wildman–Crippen LogP) is -1.32. The summed E-state index contributed by atoms with van der Waals surface area (Å²) in [5.74, 6) is -0.477. The molecule has 2 heterocycles. The molecule has 3 rings (SSSR count). The second kappa shape index (κ2) is 6.38. The average Bonchev–Trinajstić information content (AvgIpc) is 2.56. The summed E-state index contributed by atoms with van der Waals surface area (Å²) in [6, 6.07) is 5.17. The van der Waals surface area contributed by atoms with Crippen molar-refractivity contribution in [3.05, 3.63) is 34.7 Å². The maximum atomic E-state index is 11.2. The van der Waals surface area contributed by atoms with Gasteiger partial charge in [-0.15, -0.1) is 0 Å². The predicted molar refractivity (Wildman–Crippen MR) is 78.5 cm³/mol. The van der Waals surface area contributed by atoms with Gasteiger partial charge in [0.2, 0.25) is 6.29 Å². The van der Waals surface area contributed by atoms with Gasteiger partial charge >= 0.3 is 5.63 Å². The Kier molecular flexibility index (Phi) is 4.43. The molecule has 0 bridgehead atoms. The van der Waals surface area contributed by atoms with E-state index in [9.17, 15) is 25.2 Å². The molecule has 0 amide bonds. The van der Waals surface area contributed by atoms with Crippen LogP contribution in [0.5, 0.6) is 11.5 Å². The van der Waals surface area contributed by atoms with Gasteiger partial charge in [-0.25, -0.2) is 4.79 Å². The van der Waals surface area contributed by atoms with Crippen molar-refractivity contribution in [3.63, 3.8) is 0 Å². The molecule has 1 aromatic carbocycles. The zero-order chi connectivity index (χ0) is 17.4. The third kappa shape index (κ3) is 2.95. The second-order valence-corrected chi connectivity index (χ2v) is 5.43. The summed E-state index contributed by atoms with van der Waals surface area (Å²) in [5.41, 5.74) is -0.439. The number of phenols is 1. The number of benzene rings is 1. The Balaban J connectivity index is 1.89. The van der Waals surface area contributed by atoms with Crippen molar-refractivity contribution in [2.24, 2.45) is 0 Å². The number of phenolic OH excluding ortho intramolecular Hbond substituents is 1. The van der Waals surface area contributed by atoms with Crippen molar-refractivity contribution < 1.29 is 39.4 Å². The summed E-state index contributed by atoms with van der Waals surface area (Å²) in [5, 5.41) is 49.0. The Morgan fingerprint density at radius 2 is 1.83 bits per heavy atom. The Bertz CT molecular complexity index is 784. The topological polar surface area (TPSA) is 150 Å². The number of aromatic hydroxyl groups is 1. The van der Waals surface area contributed by atoms with E-state index in [2.05, 4.69) is 0 Å². The molecule has 9 nitrogen and oxygen atoms in total. The van der Waals surface area contributed by atoms with Crippen molar-refractivity contribution >= 4 is 11.0 Å². The van der Waals surface area contributed by atoms with Gasteiger partial charge in [-0.1, -0.05) is 0 Å². The zero-order valence-corrected chi connectivity index (χ0v) is 12.3. The highest BCUT2D eigenvalue weighted by Crippen LogP contribution is 2.33. The fraction of sp³-hybridized carbons (Fsp3) is 0.400. The van der Waals surface area contributed by atoms with Crippen LogP contribution in [0.1, 0.15) is 0 Å². The molecular formula is C15H16O9. The smallest absolute Gasteiger partial charge is 0.336 e. The van der Waals surface area contributed by atoms with Gasteiger partial charge in [0.1, 0.15) is 30.0 Å². The number of fused-ring (bicyclic) bond motifs is 1. The van der Waals surface area contributed by atoms with Crippen LogP contribution in [0.4, 0.5) is 0 Å². The van der Waals surface area contributed by atoms with E-state index in [0.29, 0.717) is 5.39 Å². The van der Waals surface area contributed by atoms with Gasteiger partial charge in [0.25, 0.3) is 0 Å². The van der Waals surface area contributed by atoms with E-state index in [0.717, 1.165) is 6.07 Å². The van der Waals surface area contributed by atoms with Gasteiger partial charge in [0.15, 0.2) is 11.5 Å². The fourth-order valence-electron chi connectivity index (χ4n) is 2.47. The molecule has 0 aliphatic carbocycles. The second-order valence-electron chi connectivity index (χ2n) is 5.43. The van der Waals surface area contributed by atoms with Crippen LogP contribution in [0.2, 0.25) is 0 Å². The fourth-order valence-corrected chi connectivity index (χ4v) is 2.47. The highest BCUT2D eigenvalue weighted by Gasteiger charge is 2.44. The van der Waals surface area contributed by atoms with Crippen LogP contribution >= 0.6 is 0 Å². The first-order valence-electron chi connectivity index (χ1n) is 7.15. The summed E-state index contributed by atoms with van der Waals surface area (Å²) in [4.78, 5) is 11.2. The average molecular weight is 340 g/mol. The number of aliphatic hydroxyl groups is 4. The first-order chi connectivity index (χ1) is 11.4. The molecule has 5 N–H and O–H groups in total. The maximum Gasteiger partial charge on any atom is 0.336 e. The monoisotopic (exact) mass is 340 g/mol. The van der Waals surface area contributed by atoms with E-state index in [1.807, 2.05) is 0 Å². The number of hydrogen-bond acceptors (Lipinski definition) is 9. The van der Waals surface area contributed by atoms with Crippen LogP contribution in [0.15, 0.2) is 33.5 Å². The summed E-state index contributed by atoms with van der Waals surface area (Å²) in [7, 11) is 0. The molecule has 1 aliphatic heterocycles. The van der Waals surface area contributed by atoms with Crippen molar-refractivity contribution in [3.8, 4) is 11.5 Å². The molecule has 1 fully saturated rings. The van der Waals surface area contributed by atoms with Crippen LogP contribution in [0.3, 0.4) is 0 Å². The molecule has 24 heavy (non-hydrogen) atoms. The molecule has 0 spiro atoms. The van der Waals surface area contributed by atoms with E-state index < -0.39 is 42.9 Å². The van der Waals surface area contributed by atoms with Gasteiger partial charge in [0.05, 0.1) is 6.61 Å². The molecule has 0 saturated carbocycles. The highest BCUT2D eigenvalue weighted by atomic mass is 16.7. The Morgan fingerprint density at radius 1 is 1.08 bits per heavy atom.